The SMILES string of the molecule is COc1cc(C)c(S(=O)(=O)Nc2ccccc2Sc2ccccc2)c(C)c1. The largest absolute Gasteiger partial charge is 0.497 e. The number of rotatable bonds is 6. The van der Waals surface area contributed by atoms with Gasteiger partial charge in [-0.05, 0) is 61.4 Å². The Morgan fingerprint density at radius 1 is 0.889 bits per heavy atom. The van der Waals surface area contributed by atoms with Crippen molar-refractivity contribution in [2.24, 2.45) is 0 Å². The molecule has 0 bridgehead atoms. The summed E-state index contributed by atoms with van der Waals surface area (Å²) in [6.45, 7) is 3.55. The number of sulfonamides is 1. The molecule has 0 amide bonds. The third kappa shape index (κ3) is 4.46. The molecule has 0 saturated carbocycles. The van der Waals surface area contributed by atoms with Crippen molar-refractivity contribution in [1.29, 1.82) is 0 Å². The van der Waals surface area contributed by atoms with Gasteiger partial charge in [-0.2, -0.15) is 0 Å². The van der Waals surface area contributed by atoms with E-state index in [9.17, 15) is 8.42 Å². The summed E-state index contributed by atoms with van der Waals surface area (Å²) in [7, 11) is -2.17. The molecular formula is C21H21NO3S2. The zero-order chi connectivity index (χ0) is 19.4. The van der Waals surface area contributed by atoms with Crippen molar-refractivity contribution < 1.29 is 13.2 Å². The fourth-order valence-corrected chi connectivity index (χ4v) is 5.43. The molecule has 0 spiro atoms. The van der Waals surface area contributed by atoms with Gasteiger partial charge in [0.15, 0.2) is 0 Å². The molecule has 0 aromatic heterocycles. The topological polar surface area (TPSA) is 55.4 Å². The maximum Gasteiger partial charge on any atom is 0.262 e. The third-order valence-corrected chi connectivity index (χ3v) is 6.79. The third-order valence-electron chi connectivity index (χ3n) is 4.04. The molecule has 0 atom stereocenters. The van der Waals surface area contributed by atoms with Crippen LogP contribution in [-0.2, 0) is 10.0 Å². The van der Waals surface area contributed by atoms with Crippen LogP contribution in [0.1, 0.15) is 11.1 Å². The highest BCUT2D eigenvalue weighted by Crippen LogP contribution is 2.35. The molecule has 27 heavy (non-hydrogen) atoms. The van der Waals surface area contributed by atoms with Crippen LogP contribution in [0.25, 0.3) is 0 Å². The first kappa shape index (κ1) is 19.3. The van der Waals surface area contributed by atoms with E-state index in [1.807, 2.05) is 48.5 Å². The van der Waals surface area contributed by atoms with E-state index in [1.165, 1.54) is 11.8 Å². The Kier molecular flexibility index (Phi) is 5.77. The van der Waals surface area contributed by atoms with Crippen LogP contribution >= 0.6 is 11.8 Å². The summed E-state index contributed by atoms with van der Waals surface area (Å²) in [4.78, 5) is 2.17. The second kappa shape index (κ2) is 8.06. The van der Waals surface area contributed by atoms with Gasteiger partial charge in [0.1, 0.15) is 5.75 Å². The Bertz CT molecular complexity index is 1030. The highest BCUT2D eigenvalue weighted by Gasteiger charge is 2.22. The number of aryl methyl sites for hydroxylation is 2. The van der Waals surface area contributed by atoms with Crippen LogP contribution in [0.5, 0.6) is 5.75 Å². The number of benzene rings is 3. The number of methoxy groups -OCH3 is 1. The number of anilines is 1. The molecule has 0 fully saturated rings. The van der Waals surface area contributed by atoms with Crippen molar-refractivity contribution in [2.75, 3.05) is 11.8 Å². The van der Waals surface area contributed by atoms with E-state index < -0.39 is 10.0 Å². The van der Waals surface area contributed by atoms with Crippen molar-refractivity contribution in [3.8, 4) is 5.75 Å². The highest BCUT2D eigenvalue weighted by atomic mass is 32.2. The van der Waals surface area contributed by atoms with Gasteiger partial charge in [0.25, 0.3) is 10.0 Å². The van der Waals surface area contributed by atoms with Crippen molar-refractivity contribution in [1.82, 2.24) is 0 Å². The molecule has 3 aromatic carbocycles. The van der Waals surface area contributed by atoms with Crippen LogP contribution in [0.3, 0.4) is 0 Å². The minimum absolute atomic E-state index is 0.280. The smallest absolute Gasteiger partial charge is 0.262 e. The fraction of sp³-hybridized carbons (Fsp3) is 0.143. The van der Waals surface area contributed by atoms with Crippen molar-refractivity contribution >= 4 is 27.5 Å². The predicted molar refractivity (Wildman–Crippen MR) is 110 cm³/mol. The van der Waals surface area contributed by atoms with Crippen molar-refractivity contribution in [3.05, 3.63) is 77.9 Å². The molecule has 3 rings (SSSR count). The Hall–Kier alpha value is -2.44. The summed E-state index contributed by atoms with van der Waals surface area (Å²) in [6.07, 6.45) is 0. The Labute approximate surface area is 164 Å². The second-order valence-corrected chi connectivity index (χ2v) is 8.84. The number of hydrogen-bond donors (Lipinski definition) is 1. The molecule has 0 unspecified atom stereocenters. The molecule has 0 aliphatic carbocycles. The van der Waals surface area contributed by atoms with E-state index >= 15 is 0 Å². The van der Waals surface area contributed by atoms with Crippen LogP contribution in [0.4, 0.5) is 5.69 Å². The minimum atomic E-state index is -3.73. The lowest BCUT2D eigenvalue weighted by molar-refractivity contribution is 0.413. The molecule has 0 radical (unpaired) electrons. The lowest BCUT2D eigenvalue weighted by Crippen LogP contribution is -2.16. The van der Waals surface area contributed by atoms with Crippen molar-refractivity contribution in [3.63, 3.8) is 0 Å². The van der Waals surface area contributed by atoms with E-state index in [2.05, 4.69) is 4.72 Å². The Balaban J connectivity index is 1.96. The van der Waals surface area contributed by atoms with Gasteiger partial charge in [-0.3, -0.25) is 4.72 Å². The van der Waals surface area contributed by atoms with Gasteiger partial charge in [0.2, 0.25) is 0 Å². The summed E-state index contributed by atoms with van der Waals surface area (Å²) < 4.78 is 34.2. The van der Waals surface area contributed by atoms with Gasteiger partial charge in [-0.25, -0.2) is 8.42 Å². The zero-order valence-electron chi connectivity index (χ0n) is 15.4. The van der Waals surface area contributed by atoms with Gasteiger partial charge < -0.3 is 4.74 Å². The molecule has 140 valence electrons. The van der Waals surface area contributed by atoms with E-state index in [0.717, 1.165) is 9.79 Å². The number of ether oxygens (including phenoxy) is 1. The quantitative estimate of drug-likeness (QED) is 0.614. The van der Waals surface area contributed by atoms with E-state index in [4.69, 9.17) is 4.74 Å². The van der Waals surface area contributed by atoms with Gasteiger partial charge in [0.05, 0.1) is 17.7 Å². The maximum atomic E-state index is 13.1. The second-order valence-electron chi connectivity index (χ2n) is 6.11. The van der Waals surface area contributed by atoms with Gasteiger partial charge in [-0.1, -0.05) is 42.1 Å². The molecule has 0 heterocycles. The standard InChI is InChI=1S/C21H21NO3S2/c1-15-13-17(25-3)14-16(2)21(15)27(23,24)22-19-11-7-8-12-20(19)26-18-9-5-4-6-10-18/h4-14,22H,1-3H3. The van der Waals surface area contributed by atoms with Gasteiger partial charge >= 0.3 is 0 Å². The predicted octanol–water partition coefficient (Wildman–Crippen LogP) is 5.26. The molecule has 4 nitrogen and oxygen atoms in total. The van der Waals surface area contributed by atoms with Gasteiger partial charge in [0, 0.05) is 9.79 Å². The average Bonchev–Trinajstić information content (AvgIpc) is 2.63. The number of hydrogen-bond acceptors (Lipinski definition) is 4. The summed E-state index contributed by atoms with van der Waals surface area (Å²) in [5, 5.41) is 0. The van der Waals surface area contributed by atoms with E-state index in [0.29, 0.717) is 22.6 Å². The summed E-state index contributed by atoms with van der Waals surface area (Å²) in [5.41, 5.74) is 1.85. The first-order valence-electron chi connectivity index (χ1n) is 8.40. The Morgan fingerprint density at radius 2 is 1.48 bits per heavy atom. The van der Waals surface area contributed by atoms with Crippen LogP contribution < -0.4 is 9.46 Å². The van der Waals surface area contributed by atoms with E-state index in [-0.39, 0.29) is 4.90 Å². The molecule has 0 aliphatic heterocycles. The van der Waals surface area contributed by atoms with Crippen LogP contribution in [-0.4, -0.2) is 15.5 Å². The summed E-state index contributed by atoms with van der Waals surface area (Å²) in [5.74, 6) is 0.643. The first-order valence-corrected chi connectivity index (χ1v) is 10.7. The van der Waals surface area contributed by atoms with Crippen molar-refractivity contribution in [2.45, 2.75) is 28.5 Å². The van der Waals surface area contributed by atoms with Gasteiger partial charge in [-0.15, -0.1) is 0 Å². The molecule has 0 saturated heterocycles. The summed E-state index contributed by atoms with van der Waals surface area (Å²) in [6, 6.07) is 20.7. The highest BCUT2D eigenvalue weighted by molar-refractivity contribution is 7.99. The Morgan fingerprint density at radius 3 is 2.11 bits per heavy atom. The normalized spacial score (nSPS) is 11.2. The molecule has 6 heteroatoms. The molecule has 1 N–H and O–H groups in total. The maximum absolute atomic E-state index is 13.1. The van der Waals surface area contributed by atoms with Crippen LogP contribution in [0, 0.1) is 13.8 Å². The monoisotopic (exact) mass is 399 g/mol. The molecule has 0 aliphatic rings. The lowest BCUT2D eigenvalue weighted by Gasteiger charge is -2.16. The lowest BCUT2D eigenvalue weighted by atomic mass is 10.1. The first-order chi connectivity index (χ1) is 12.9. The fourth-order valence-electron chi connectivity index (χ4n) is 2.90. The van der Waals surface area contributed by atoms with Crippen LogP contribution in [0.15, 0.2) is 81.4 Å². The minimum Gasteiger partial charge on any atom is -0.497 e. The number of para-hydroxylation sites is 1. The number of nitrogens with one attached hydrogen (secondary N) is 1. The molecular weight excluding hydrogens is 378 g/mol. The molecule has 3 aromatic rings. The average molecular weight is 400 g/mol. The zero-order valence-corrected chi connectivity index (χ0v) is 17.0. The summed E-state index contributed by atoms with van der Waals surface area (Å²) >= 11 is 1.52. The van der Waals surface area contributed by atoms with Crippen LogP contribution in [0.2, 0.25) is 0 Å². The van der Waals surface area contributed by atoms with E-state index in [1.54, 1.807) is 39.2 Å².